The van der Waals surface area contributed by atoms with Crippen molar-refractivity contribution in [2.75, 3.05) is 13.7 Å². The summed E-state index contributed by atoms with van der Waals surface area (Å²) in [6.07, 6.45) is 1.48. The van der Waals surface area contributed by atoms with Crippen LogP contribution in [0.2, 0.25) is 0 Å². The van der Waals surface area contributed by atoms with Gasteiger partial charge in [0.25, 0.3) is 0 Å². The number of hydrogen-bond donors (Lipinski definition) is 0. The van der Waals surface area contributed by atoms with Gasteiger partial charge in [-0.05, 0) is 27.3 Å². The van der Waals surface area contributed by atoms with Crippen molar-refractivity contribution in [3.8, 4) is 0 Å². The Kier molecular flexibility index (Phi) is 2.09. The summed E-state index contributed by atoms with van der Waals surface area (Å²) in [5, 5.41) is 0. The molecule has 0 saturated carbocycles. The number of hydrogen-bond acceptors (Lipinski definition) is 2. The monoisotopic (exact) mass is 129 g/mol. The van der Waals surface area contributed by atoms with Crippen molar-refractivity contribution in [1.29, 1.82) is 0 Å². The first-order chi connectivity index (χ1) is 4.22. The van der Waals surface area contributed by atoms with Crippen LogP contribution in [0.15, 0.2) is 0 Å². The van der Waals surface area contributed by atoms with Gasteiger partial charge in [0, 0.05) is 6.04 Å². The smallest absolute Gasteiger partial charge is 0.107 e. The van der Waals surface area contributed by atoms with E-state index in [1.165, 1.54) is 6.42 Å². The molecule has 1 aliphatic heterocycles. The van der Waals surface area contributed by atoms with Crippen molar-refractivity contribution in [2.24, 2.45) is 0 Å². The molecule has 2 atom stereocenters. The topological polar surface area (TPSA) is 12.5 Å². The minimum absolute atomic E-state index is 0.314. The average Bonchev–Trinajstić information content (AvgIpc) is 1.83. The lowest BCUT2D eigenvalue weighted by molar-refractivity contribution is -0.0946. The van der Waals surface area contributed by atoms with E-state index in [0.717, 1.165) is 6.61 Å². The molecule has 0 N–H and O–H groups in total. The van der Waals surface area contributed by atoms with Gasteiger partial charge in [0.1, 0.15) is 6.23 Å². The largest absolute Gasteiger partial charge is 0.363 e. The Morgan fingerprint density at radius 2 is 2.11 bits per heavy atom. The Balaban J connectivity index is 2.41. The van der Waals surface area contributed by atoms with Crippen LogP contribution >= 0.6 is 0 Å². The van der Waals surface area contributed by atoms with Gasteiger partial charge < -0.3 is 4.74 Å². The maximum Gasteiger partial charge on any atom is 0.107 e. The molecule has 0 bridgehead atoms. The molecule has 1 fully saturated rings. The first kappa shape index (κ1) is 7.03. The Morgan fingerprint density at radius 1 is 1.44 bits per heavy atom. The molecule has 2 nitrogen and oxygen atoms in total. The van der Waals surface area contributed by atoms with E-state index in [-0.39, 0.29) is 0 Å². The zero-order valence-electron chi connectivity index (χ0n) is 6.42. The highest BCUT2D eigenvalue weighted by Gasteiger charge is 2.20. The van der Waals surface area contributed by atoms with E-state index in [4.69, 9.17) is 4.74 Å². The van der Waals surface area contributed by atoms with Crippen molar-refractivity contribution in [1.82, 2.24) is 4.90 Å². The van der Waals surface area contributed by atoms with E-state index in [1.54, 1.807) is 0 Å². The predicted molar refractivity (Wildman–Crippen MR) is 37.3 cm³/mol. The maximum absolute atomic E-state index is 5.39. The molecule has 0 radical (unpaired) electrons. The Morgan fingerprint density at radius 3 is 2.56 bits per heavy atom. The van der Waals surface area contributed by atoms with Crippen molar-refractivity contribution in [2.45, 2.75) is 32.5 Å². The number of ether oxygens (including phenoxy) is 1. The molecular formula is C7H15NO. The lowest BCUT2D eigenvalue weighted by Gasteiger charge is -2.35. The van der Waals surface area contributed by atoms with Crippen molar-refractivity contribution < 1.29 is 4.74 Å². The summed E-state index contributed by atoms with van der Waals surface area (Å²) in [4.78, 5) is 2.25. The van der Waals surface area contributed by atoms with Crippen molar-refractivity contribution in [3.63, 3.8) is 0 Å². The standard InChI is InChI=1S/C7H15NO/c1-6-4-5-9-7(2)8(6)3/h6-7H,4-5H2,1-3H3. The van der Waals surface area contributed by atoms with Crippen LogP contribution in [-0.2, 0) is 4.74 Å². The highest BCUT2D eigenvalue weighted by molar-refractivity contribution is 4.68. The molecule has 54 valence electrons. The van der Waals surface area contributed by atoms with Gasteiger partial charge in [-0.2, -0.15) is 0 Å². The van der Waals surface area contributed by atoms with Crippen LogP contribution in [0, 0.1) is 0 Å². The van der Waals surface area contributed by atoms with Crippen molar-refractivity contribution in [3.05, 3.63) is 0 Å². The van der Waals surface area contributed by atoms with Gasteiger partial charge in [0.05, 0.1) is 6.61 Å². The van der Waals surface area contributed by atoms with E-state index in [9.17, 15) is 0 Å². The highest BCUT2D eigenvalue weighted by Crippen LogP contribution is 2.13. The molecule has 0 spiro atoms. The second-order valence-electron chi connectivity index (χ2n) is 2.77. The molecular weight excluding hydrogens is 114 g/mol. The van der Waals surface area contributed by atoms with Gasteiger partial charge in [-0.1, -0.05) is 0 Å². The summed E-state index contributed by atoms with van der Waals surface area (Å²) in [7, 11) is 2.11. The minimum Gasteiger partial charge on any atom is -0.363 e. The molecule has 1 aliphatic rings. The van der Waals surface area contributed by atoms with Crippen LogP contribution < -0.4 is 0 Å². The van der Waals surface area contributed by atoms with Gasteiger partial charge in [-0.3, -0.25) is 4.90 Å². The molecule has 2 unspecified atom stereocenters. The first-order valence-corrected chi connectivity index (χ1v) is 3.55. The Hall–Kier alpha value is -0.0800. The molecule has 1 saturated heterocycles. The van der Waals surface area contributed by atoms with E-state index in [2.05, 4.69) is 25.8 Å². The molecule has 1 heterocycles. The summed E-state index contributed by atoms with van der Waals surface area (Å²) >= 11 is 0. The van der Waals surface area contributed by atoms with Crippen molar-refractivity contribution >= 4 is 0 Å². The van der Waals surface area contributed by atoms with Gasteiger partial charge in [-0.15, -0.1) is 0 Å². The van der Waals surface area contributed by atoms with Gasteiger partial charge in [-0.25, -0.2) is 0 Å². The average molecular weight is 129 g/mol. The molecule has 2 heteroatoms. The van der Waals surface area contributed by atoms with E-state index in [0.29, 0.717) is 12.3 Å². The Labute approximate surface area is 56.8 Å². The second-order valence-corrected chi connectivity index (χ2v) is 2.77. The van der Waals surface area contributed by atoms with E-state index >= 15 is 0 Å². The normalized spacial score (nSPS) is 39.0. The van der Waals surface area contributed by atoms with E-state index < -0.39 is 0 Å². The minimum atomic E-state index is 0.314. The highest BCUT2D eigenvalue weighted by atomic mass is 16.5. The fourth-order valence-corrected chi connectivity index (χ4v) is 1.09. The molecule has 1 rings (SSSR count). The van der Waals surface area contributed by atoms with Crippen LogP contribution in [0.5, 0.6) is 0 Å². The lowest BCUT2D eigenvalue weighted by atomic mass is 10.2. The summed E-state index contributed by atoms with van der Waals surface area (Å²) in [5.74, 6) is 0. The van der Waals surface area contributed by atoms with E-state index in [1.807, 2.05) is 0 Å². The molecule has 0 aliphatic carbocycles. The molecule has 0 aromatic heterocycles. The molecule has 0 aromatic carbocycles. The third-order valence-electron chi connectivity index (χ3n) is 2.16. The summed E-state index contributed by atoms with van der Waals surface area (Å²) in [6.45, 7) is 5.25. The molecule has 0 amide bonds. The zero-order valence-corrected chi connectivity index (χ0v) is 6.42. The van der Waals surface area contributed by atoms with Crippen LogP contribution in [0.4, 0.5) is 0 Å². The number of rotatable bonds is 0. The van der Waals surface area contributed by atoms with Crippen LogP contribution in [0.3, 0.4) is 0 Å². The number of nitrogens with zero attached hydrogens (tertiary/aromatic N) is 1. The fourth-order valence-electron chi connectivity index (χ4n) is 1.09. The SMILES string of the molecule is CC1CCOC(C)N1C. The maximum atomic E-state index is 5.39. The third kappa shape index (κ3) is 1.43. The fraction of sp³-hybridized carbons (Fsp3) is 1.00. The summed E-state index contributed by atoms with van der Waals surface area (Å²) in [5.41, 5.74) is 0. The van der Waals surface area contributed by atoms with Crippen LogP contribution in [0.1, 0.15) is 20.3 Å². The Bertz CT molecular complexity index is 84.9. The summed E-state index contributed by atoms with van der Waals surface area (Å²) < 4.78 is 5.39. The predicted octanol–water partition coefficient (Wildman–Crippen LogP) is 1.07. The molecule has 0 aromatic rings. The lowest BCUT2D eigenvalue weighted by Crippen LogP contribution is -2.43. The third-order valence-corrected chi connectivity index (χ3v) is 2.16. The van der Waals surface area contributed by atoms with Crippen LogP contribution in [0.25, 0.3) is 0 Å². The van der Waals surface area contributed by atoms with Gasteiger partial charge in [0.2, 0.25) is 0 Å². The van der Waals surface area contributed by atoms with Gasteiger partial charge in [0.15, 0.2) is 0 Å². The summed E-state index contributed by atoms with van der Waals surface area (Å²) in [6, 6.07) is 0.689. The van der Waals surface area contributed by atoms with Gasteiger partial charge >= 0.3 is 0 Å². The van der Waals surface area contributed by atoms with Crippen LogP contribution in [-0.4, -0.2) is 30.8 Å². The second kappa shape index (κ2) is 2.67. The molecule has 9 heavy (non-hydrogen) atoms. The quantitative estimate of drug-likeness (QED) is 0.485. The first-order valence-electron chi connectivity index (χ1n) is 3.55. The zero-order chi connectivity index (χ0) is 6.85.